The second-order valence-corrected chi connectivity index (χ2v) is 7.62. The van der Waals surface area contributed by atoms with Crippen LogP contribution in [0.4, 0.5) is 0 Å². The molecule has 27 heavy (non-hydrogen) atoms. The van der Waals surface area contributed by atoms with Crippen LogP contribution in [0.15, 0.2) is 68.0 Å². The molecule has 0 saturated carbocycles. The number of hydrogen-bond acceptors (Lipinski definition) is 6. The van der Waals surface area contributed by atoms with Crippen molar-refractivity contribution in [1.29, 1.82) is 0 Å². The molecule has 0 bridgehead atoms. The molecule has 6 nitrogen and oxygen atoms in total. The van der Waals surface area contributed by atoms with E-state index in [1.165, 1.54) is 42.5 Å². The largest absolute Gasteiger partial charge is 0.508 e. The summed E-state index contributed by atoms with van der Waals surface area (Å²) < 4.78 is 2.00. The van der Waals surface area contributed by atoms with Gasteiger partial charge in [0.15, 0.2) is 11.5 Å². The van der Waals surface area contributed by atoms with Gasteiger partial charge in [0.1, 0.15) is 23.0 Å². The fourth-order valence-electron chi connectivity index (χ4n) is 1.56. The molecule has 0 amide bonds. The molecule has 0 aliphatic carbocycles. The second-order valence-electron chi connectivity index (χ2n) is 4.94. The summed E-state index contributed by atoms with van der Waals surface area (Å²) in [6, 6.07) is 13.1. The van der Waals surface area contributed by atoms with E-state index in [-0.39, 0.29) is 34.5 Å². The normalized spacial score (nSPS) is 9.44. The molecule has 6 N–H and O–H groups in total. The highest BCUT2D eigenvalue weighted by Crippen LogP contribution is 2.27. The van der Waals surface area contributed by atoms with E-state index in [4.69, 9.17) is 30.6 Å². The monoisotopic (exact) mass is 564 g/mol. The summed E-state index contributed by atoms with van der Waals surface area (Å²) in [6.07, 6.45) is 0. The number of phenolic OH excluding ortho intramolecular Hbond substituents is 6. The van der Waals surface area contributed by atoms with E-state index < -0.39 is 0 Å². The zero-order valence-electron chi connectivity index (χ0n) is 13.5. The first-order chi connectivity index (χ1) is 12.6. The fraction of sp³-hybridized carbons (Fsp3) is 0. The van der Waals surface area contributed by atoms with Crippen LogP contribution in [0, 0.1) is 0 Å². The Morgan fingerprint density at radius 1 is 0.444 bits per heavy atom. The molecule has 3 rings (SSSR count). The van der Waals surface area contributed by atoms with E-state index in [1.54, 1.807) is 12.1 Å². The summed E-state index contributed by atoms with van der Waals surface area (Å²) >= 11 is 9.29. The quantitative estimate of drug-likeness (QED) is 0.198. The SMILES string of the molecule is Oc1cc(O)cc(Br)c1.Oc1ccc(Br)c(O)c1.Oc1ccc(Br)cc1O. The summed E-state index contributed by atoms with van der Waals surface area (Å²) in [5, 5.41) is 52.9. The lowest BCUT2D eigenvalue weighted by molar-refractivity contribution is 0.403. The molecular weight excluding hydrogens is 552 g/mol. The number of rotatable bonds is 0. The van der Waals surface area contributed by atoms with E-state index in [2.05, 4.69) is 47.8 Å². The van der Waals surface area contributed by atoms with Crippen LogP contribution in [0.25, 0.3) is 0 Å². The average molecular weight is 567 g/mol. The van der Waals surface area contributed by atoms with Crippen LogP contribution >= 0.6 is 47.8 Å². The molecule has 0 spiro atoms. The smallest absolute Gasteiger partial charge is 0.158 e. The standard InChI is InChI=1S/3C6H5BrO2/c7-4-1-5(8)3-6(9)2-4;7-5-2-1-4(8)3-6(5)9;7-4-1-2-5(8)6(9)3-4/h3*1-3,8-9H. The lowest BCUT2D eigenvalue weighted by atomic mass is 10.3. The van der Waals surface area contributed by atoms with Crippen LogP contribution in [0.5, 0.6) is 34.5 Å². The summed E-state index contributed by atoms with van der Waals surface area (Å²) in [5.41, 5.74) is 0. The number of benzene rings is 3. The van der Waals surface area contributed by atoms with Crippen LogP contribution < -0.4 is 0 Å². The van der Waals surface area contributed by atoms with Crippen LogP contribution in [-0.2, 0) is 0 Å². The highest BCUT2D eigenvalue weighted by molar-refractivity contribution is 9.11. The van der Waals surface area contributed by atoms with Gasteiger partial charge in [-0.05, 0) is 58.4 Å². The van der Waals surface area contributed by atoms with E-state index in [9.17, 15) is 0 Å². The van der Waals surface area contributed by atoms with Gasteiger partial charge >= 0.3 is 0 Å². The first kappa shape index (κ1) is 22.9. The predicted octanol–water partition coefficient (Wildman–Crippen LogP) is 5.58. The van der Waals surface area contributed by atoms with Crippen LogP contribution in [0.2, 0.25) is 0 Å². The minimum atomic E-state index is -0.107. The molecule has 9 heteroatoms. The van der Waals surface area contributed by atoms with Crippen molar-refractivity contribution < 1.29 is 30.6 Å². The summed E-state index contributed by atoms with van der Waals surface area (Å²) in [6.45, 7) is 0. The Bertz CT molecular complexity index is 802. The Hall–Kier alpha value is -2.10. The Balaban J connectivity index is 0.000000202. The van der Waals surface area contributed by atoms with E-state index in [1.807, 2.05) is 0 Å². The molecule has 3 aromatic rings. The maximum atomic E-state index is 8.89. The van der Waals surface area contributed by atoms with Gasteiger partial charge in [-0.2, -0.15) is 0 Å². The van der Waals surface area contributed by atoms with Crippen molar-refractivity contribution in [3.63, 3.8) is 0 Å². The van der Waals surface area contributed by atoms with Crippen LogP contribution in [0.1, 0.15) is 0 Å². The Morgan fingerprint density at radius 2 is 1.04 bits per heavy atom. The van der Waals surface area contributed by atoms with Crippen molar-refractivity contribution >= 4 is 47.8 Å². The fourth-order valence-corrected chi connectivity index (χ4v) is 2.62. The summed E-state index contributed by atoms with van der Waals surface area (Å²) in [7, 11) is 0. The molecule has 0 aromatic heterocycles. The molecule has 3 aromatic carbocycles. The minimum absolute atomic E-state index is 0.0509. The third-order valence-corrected chi connectivity index (χ3v) is 4.36. The maximum absolute atomic E-state index is 8.89. The number of hydrogen-bond donors (Lipinski definition) is 6. The Morgan fingerprint density at radius 3 is 1.44 bits per heavy atom. The van der Waals surface area contributed by atoms with Gasteiger partial charge in [0.25, 0.3) is 0 Å². The lowest BCUT2D eigenvalue weighted by Crippen LogP contribution is -1.66. The first-order valence-electron chi connectivity index (χ1n) is 7.12. The van der Waals surface area contributed by atoms with Crippen molar-refractivity contribution in [2.24, 2.45) is 0 Å². The first-order valence-corrected chi connectivity index (χ1v) is 9.50. The summed E-state index contributed by atoms with van der Waals surface area (Å²) in [4.78, 5) is 0. The molecule has 0 fully saturated rings. The average Bonchev–Trinajstić information content (AvgIpc) is 2.55. The molecule has 144 valence electrons. The Labute approximate surface area is 180 Å². The van der Waals surface area contributed by atoms with Crippen LogP contribution in [0.3, 0.4) is 0 Å². The second kappa shape index (κ2) is 10.9. The third-order valence-electron chi connectivity index (χ3n) is 2.73. The Kier molecular flexibility index (Phi) is 9.27. The molecule has 0 radical (unpaired) electrons. The van der Waals surface area contributed by atoms with Gasteiger partial charge in [0, 0.05) is 21.1 Å². The molecular formula is C18H15Br3O6. The third kappa shape index (κ3) is 8.89. The van der Waals surface area contributed by atoms with Gasteiger partial charge in [-0.25, -0.2) is 0 Å². The van der Waals surface area contributed by atoms with Crippen molar-refractivity contribution in [1.82, 2.24) is 0 Å². The predicted molar refractivity (Wildman–Crippen MR) is 112 cm³/mol. The highest BCUT2D eigenvalue weighted by atomic mass is 79.9. The molecule has 0 aliphatic heterocycles. The van der Waals surface area contributed by atoms with E-state index in [0.29, 0.717) is 8.95 Å². The number of phenols is 6. The number of halogens is 3. The van der Waals surface area contributed by atoms with Gasteiger partial charge in [-0.1, -0.05) is 31.9 Å². The van der Waals surface area contributed by atoms with Crippen molar-refractivity contribution in [3.05, 3.63) is 68.0 Å². The zero-order chi connectivity index (χ0) is 20.6. The highest BCUT2D eigenvalue weighted by Gasteiger charge is 1.96. The van der Waals surface area contributed by atoms with Crippen molar-refractivity contribution in [2.75, 3.05) is 0 Å². The lowest BCUT2D eigenvalue weighted by Gasteiger charge is -1.94. The van der Waals surface area contributed by atoms with Crippen molar-refractivity contribution in [3.8, 4) is 34.5 Å². The molecule has 0 heterocycles. The van der Waals surface area contributed by atoms with Crippen LogP contribution in [-0.4, -0.2) is 30.6 Å². The van der Waals surface area contributed by atoms with E-state index in [0.717, 1.165) is 4.47 Å². The molecule has 0 unspecified atom stereocenters. The van der Waals surface area contributed by atoms with Gasteiger partial charge in [0.05, 0.1) is 4.47 Å². The maximum Gasteiger partial charge on any atom is 0.158 e. The van der Waals surface area contributed by atoms with Gasteiger partial charge in [-0.3, -0.25) is 0 Å². The number of aromatic hydroxyl groups is 6. The summed E-state index contributed by atoms with van der Waals surface area (Å²) in [5.74, 6) is 0.0250. The van der Waals surface area contributed by atoms with Gasteiger partial charge in [-0.15, -0.1) is 0 Å². The zero-order valence-corrected chi connectivity index (χ0v) is 18.3. The molecule has 0 atom stereocenters. The van der Waals surface area contributed by atoms with E-state index >= 15 is 0 Å². The van der Waals surface area contributed by atoms with Gasteiger partial charge < -0.3 is 30.6 Å². The molecule has 0 saturated heterocycles. The van der Waals surface area contributed by atoms with Crippen molar-refractivity contribution in [2.45, 2.75) is 0 Å². The molecule has 0 aliphatic rings. The topological polar surface area (TPSA) is 121 Å². The van der Waals surface area contributed by atoms with Gasteiger partial charge in [0.2, 0.25) is 0 Å². The minimum Gasteiger partial charge on any atom is -0.508 e.